The first-order valence-electron chi connectivity index (χ1n) is 9.91. The molecule has 4 nitrogen and oxygen atoms in total. The highest BCUT2D eigenvalue weighted by Gasteiger charge is 2.22. The van der Waals surface area contributed by atoms with Crippen LogP contribution in [0.15, 0.2) is 66.7 Å². The summed E-state index contributed by atoms with van der Waals surface area (Å²) in [6.07, 6.45) is 0.800. The van der Waals surface area contributed by atoms with Crippen LogP contribution >= 0.6 is 23.2 Å². The molecule has 0 atom stereocenters. The van der Waals surface area contributed by atoms with Crippen molar-refractivity contribution in [2.75, 3.05) is 14.2 Å². The van der Waals surface area contributed by atoms with Gasteiger partial charge in [-0.25, -0.2) is 4.68 Å². The van der Waals surface area contributed by atoms with E-state index in [1.807, 2.05) is 65.3 Å². The van der Waals surface area contributed by atoms with Crippen LogP contribution in [0.2, 0.25) is 10.0 Å². The molecule has 158 valence electrons. The highest BCUT2D eigenvalue weighted by molar-refractivity contribution is 6.35. The SMILES string of the molecule is CCc1c(-c2ccc(OC)cc2)nn(-c2ccc(Cl)cc2Cl)c1-c1ccc(OC)cc1. The zero-order valence-electron chi connectivity index (χ0n) is 17.5. The molecule has 31 heavy (non-hydrogen) atoms. The molecule has 0 amide bonds. The van der Waals surface area contributed by atoms with Crippen molar-refractivity contribution < 1.29 is 9.47 Å². The minimum Gasteiger partial charge on any atom is -0.497 e. The molecule has 0 N–H and O–H groups in total. The van der Waals surface area contributed by atoms with Gasteiger partial charge in [-0.1, -0.05) is 30.1 Å². The van der Waals surface area contributed by atoms with Crippen molar-refractivity contribution in [3.63, 3.8) is 0 Å². The molecule has 6 heteroatoms. The van der Waals surface area contributed by atoms with Crippen LogP contribution in [0, 0.1) is 0 Å². The number of hydrogen-bond acceptors (Lipinski definition) is 3. The van der Waals surface area contributed by atoms with Crippen LogP contribution in [-0.2, 0) is 6.42 Å². The van der Waals surface area contributed by atoms with E-state index in [4.69, 9.17) is 37.8 Å². The second-order valence-electron chi connectivity index (χ2n) is 6.99. The Labute approximate surface area is 192 Å². The van der Waals surface area contributed by atoms with Gasteiger partial charge in [-0.05, 0) is 73.2 Å². The minimum atomic E-state index is 0.536. The molecule has 3 aromatic carbocycles. The molecule has 0 aliphatic carbocycles. The fourth-order valence-electron chi connectivity index (χ4n) is 3.64. The Balaban J connectivity index is 1.98. The molecule has 0 fully saturated rings. The molecule has 4 aromatic rings. The highest BCUT2D eigenvalue weighted by Crippen LogP contribution is 2.37. The zero-order chi connectivity index (χ0) is 22.0. The van der Waals surface area contributed by atoms with Gasteiger partial charge in [-0.15, -0.1) is 0 Å². The summed E-state index contributed by atoms with van der Waals surface area (Å²) in [5, 5.41) is 6.12. The Bertz CT molecular complexity index is 1200. The first-order valence-corrected chi connectivity index (χ1v) is 10.7. The third-order valence-corrected chi connectivity index (χ3v) is 5.74. The number of hydrogen-bond donors (Lipinski definition) is 0. The number of aromatic nitrogens is 2. The van der Waals surface area contributed by atoms with Crippen molar-refractivity contribution in [1.29, 1.82) is 0 Å². The van der Waals surface area contributed by atoms with Crippen molar-refractivity contribution in [3.05, 3.63) is 82.3 Å². The van der Waals surface area contributed by atoms with Crippen LogP contribution < -0.4 is 9.47 Å². The number of halogens is 2. The van der Waals surface area contributed by atoms with Gasteiger partial charge in [0.2, 0.25) is 0 Å². The summed E-state index contributed by atoms with van der Waals surface area (Å²) >= 11 is 12.7. The molecule has 1 aromatic heterocycles. The second kappa shape index (κ2) is 9.04. The zero-order valence-corrected chi connectivity index (χ0v) is 19.0. The number of benzene rings is 3. The Kier molecular flexibility index (Phi) is 6.21. The van der Waals surface area contributed by atoms with Gasteiger partial charge >= 0.3 is 0 Å². The minimum absolute atomic E-state index is 0.536. The Morgan fingerprint density at radius 3 is 1.90 bits per heavy atom. The lowest BCUT2D eigenvalue weighted by Crippen LogP contribution is -2.01. The number of methoxy groups -OCH3 is 2. The predicted octanol–water partition coefficient (Wildman–Crippen LogP) is 7.09. The molecule has 0 saturated carbocycles. The maximum absolute atomic E-state index is 6.58. The van der Waals surface area contributed by atoms with Gasteiger partial charge in [-0.3, -0.25) is 0 Å². The van der Waals surface area contributed by atoms with E-state index in [0.717, 1.165) is 51.7 Å². The summed E-state index contributed by atoms with van der Waals surface area (Å²) in [5.41, 5.74) is 5.82. The fraction of sp³-hybridized carbons (Fsp3) is 0.160. The molecular weight excluding hydrogens is 431 g/mol. The molecule has 0 unspecified atom stereocenters. The van der Waals surface area contributed by atoms with E-state index in [0.29, 0.717) is 10.0 Å². The van der Waals surface area contributed by atoms with Gasteiger partial charge in [-0.2, -0.15) is 5.10 Å². The number of nitrogens with zero attached hydrogens (tertiary/aromatic N) is 2. The maximum Gasteiger partial charge on any atom is 0.118 e. The van der Waals surface area contributed by atoms with Gasteiger partial charge in [0, 0.05) is 21.7 Å². The Hall–Kier alpha value is -2.95. The lowest BCUT2D eigenvalue weighted by atomic mass is 9.99. The molecular formula is C25H22Cl2N2O2. The standard InChI is InChI=1S/C25H22Cl2N2O2/c1-4-21-24(16-5-10-19(30-2)11-6-16)28-29(23-14-9-18(26)15-22(23)27)25(21)17-7-12-20(31-3)13-8-17/h5-15H,4H2,1-3H3. The first kappa shape index (κ1) is 21.3. The van der Waals surface area contributed by atoms with Crippen molar-refractivity contribution >= 4 is 23.2 Å². The van der Waals surface area contributed by atoms with E-state index in [1.54, 1.807) is 20.3 Å². The average molecular weight is 453 g/mol. The van der Waals surface area contributed by atoms with E-state index in [2.05, 4.69) is 6.92 Å². The Morgan fingerprint density at radius 2 is 1.39 bits per heavy atom. The topological polar surface area (TPSA) is 36.3 Å². The van der Waals surface area contributed by atoms with Crippen LogP contribution in [0.5, 0.6) is 11.5 Å². The van der Waals surface area contributed by atoms with Gasteiger partial charge in [0.1, 0.15) is 11.5 Å². The largest absolute Gasteiger partial charge is 0.497 e. The quantitative estimate of drug-likeness (QED) is 0.313. The van der Waals surface area contributed by atoms with Crippen LogP contribution in [-0.4, -0.2) is 24.0 Å². The molecule has 0 aliphatic heterocycles. The van der Waals surface area contributed by atoms with E-state index in [-0.39, 0.29) is 0 Å². The van der Waals surface area contributed by atoms with Gasteiger partial charge in [0.05, 0.1) is 36.3 Å². The summed E-state index contributed by atoms with van der Waals surface area (Å²) in [4.78, 5) is 0. The van der Waals surface area contributed by atoms with Gasteiger partial charge in [0.15, 0.2) is 0 Å². The highest BCUT2D eigenvalue weighted by atomic mass is 35.5. The van der Waals surface area contributed by atoms with Crippen LogP contribution in [0.4, 0.5) is 0 Å². The summed E-state index contributed by atoms with van der Waals surface area (Å²) in [7, 11) is 3.32. The second-order valence-corrected chi connectivity index (χ2v) is 7.84. The molecule has 0 bridgehead atoms. The third kappa shape index (κ3) is 4.14. The van der Waals surface area contributed by atoms with Gasteiger partial charge in [0.25, 0.3) is 0 Å². The third-order valence-electron chi connectivity index (χ3n) is 5.20. The first-order chi connectivity index (χ1) is 15.0. The van der Waals surface area contributed by atoms with E-state index >= 15 is 0 Å². The van der Waals surface area contributed by atoms with Gasteiger partial charge < -0.3 is 9.47 Å². The van der Waals surface area contributed by atoms with Crippen LogP contribution in [0.25, 0.3) is 28.2 Å². The fourth-order valence-corrected chi connectivity index (χ4v) is 4.13. The van der Waals surface area contributed by atoms with Crippen LogP contribution in [0.1, 0.15) is 12.5 Å². The number of ether oxygens (including phenoxy) is 2. The van der Waals surface area contributed by atoms with Crippen molar-refractivity contribution in [3.8, 4) is 39.7 Å². The van der Waals surface area contributed by atoms with E-state index in [9.17, 15) is 0 Å². The lowest BCUT2D eigenvalue weighted by Gasteiger charge is -2.12. The smallest absolute Gasteiger partial charge is 0.118 e. The normalized spacial score (nSPS) is 10.9. The number of rotatable bonds is 6. The summed E-state index contributed by atoms with van der Waals surface area (Å²) in [5.74, 6) is 1.60. The van der Waals surface area contributed by atoms with E-state index < -0.39 is 0 Å². The van der Waals surface area contributed by atoms with Crippen molar-refractivity contribution in [2.45, 2.75) is 13.3 Å². The molecule has 1 heterocycles. The maximum atomic E-state index is 6.58. The van der Waals surface area contributed by atoms with Crippen LogP contribution in [0.3, 0.4) is 0 Å². The van der Waals surface area contributed by atoms with Crippen molar-refractivity contribution in [2.24, 2.45) is 0 Å². The molecule has 0 spiro atoms. The summed E-state index contributed by atoms with van der Waals surface area (Å²) < 4.78 is 12.5. The Morgan fingerprint density at radius 1 is 0.806 bits per heavy atom. The molecule has 0 aliphatic rings. The molecule has 0 radical (unpaired) electrons. The lowest BCUT2D eigenvalue weighted by molar-refractivity contribution is 0.414. The average Bonchev–Trinajstić information content (AvgIpc) is 3.18. The van der Waals surface area contributed by atoms with Crippen molar-refractivity contribution in [1.82, 2.24) is 9.78 Å². The summed E-state index contributed by atoms with van der Waals surface area (Å²) in [6.45, 7) is 2.13. The monoisotopic (exact) mass is 452 g/mol. The van der Waals surface area contributed by atoms with E-state index in [1.165, 1.54) is 0 Å². The predicted molar refractivity (Wildman–Crippen MR) is 127 cm³/mol. The molecule has 0 saturated heterocycles. The molecule has 4 rings (SSSR count). The summed E-state index contributed by atoms with van der Waals surface area (Å²) in [6, 6.07) is 21.3.